The molecule has 0 saturated carbocycles. The number of hydrogen-bond acceptors (Lipinski definition) is 2. The highest BCUT2D eigenvalue weighted by Crippen LogP contribution is 2.35. The molecule has 2 heteroatoms. The maximum absolute atomic E-state index is 9.64. The normalized spacial score (nSPS) is 21.0. The van der Waals surface area contributed by atoms with Crippen LogP contribution >= 0.6 is 0 Å². The Morgan fingerprint density at radius 1 is 1.21 bits per heavy atom. The molecule has 14 heavy (non-hydrogen) atoms. The smallest absolute Gasteiger partial charge is 0.119 e. The third-order valence-corrected chi connectivity index (χ3v) is 2.66. The standard InChI is InChI=1S/C12H14O2/c13-10-6-7-12(14)11(8-10)9-4-2-1-3-5-9/h2,4,6-9,13-14H,1,3,5H2. The minimum atomic E-state index is 0.219. The molecule has 1 aromatic carbocycles. The van der Waals surface area contributed by atoms with Crippen LogP contribution in [0.5, 0.6) is 11.5 Å². The van der Waals surface area contributed by atoms with Crippen LogP contribution < -0.4 is 0 Å². The monoisotopic (exact) mass is 190 g/mol. The van der Waals surface area contributed by atoms with E-state index in [4.69, 9.17) is 0 Å². The molecule has 2 N–H and O–H groups in total. The van der Waals surface area contributed by atoms with Crippen LogP contribution in [-0.2, 0) is 0 Å². The van der Waals surface area contributed by atoms with E-state index in [1.807, 2.05) is 0 Å². The number of aromatic hydroxyl groups is 2. The zero-order valence-corrected chi connectivity index (χ0v) is 7.98. The van der Waals surface area contributed by atoms with Crippen molar-refractivity contribution in [1.82, 2.24) is 0 Å². The van der Waals surface area contributed by atoms with E-state index < -0.39 is 0 Å². The van der Waals surface area contributed by atoms with E-state index in [0.29, 0.717) is 0 Å². The van der Waals surface area contributed by atoms with Crippen LogP contribution in [-0.4, -0.2) is 10.2 Å². The summed E-state index contributed by atoms with van der Waals surface area (Å²) >= 11 is 0. The van der Waals surface area contributed by atoms with Crippen molar-refractivity contribution in [2.45, 2.75) is 25.2 Å². The fraction of sp³-hybridized carbons (Fsp3) is 0.333. The summed E-state index contributed by atoms with van der Waals surface area (Å²) in [5.74, 6) is 0.756. The average Bonchev–Trinajstić information content (AvgIpc) is 2.23. The quantitative estimate of drug-likeness (QED) is 0.528. The average molecular weight is 190 g/mol. The molecule has 2 nitrogen and oxygen atoms in total. The van der Waals surface area contributed by atoms with Crippen molar-refractivity contribution in [3.8, 4) is 11.5 Å². The Balaban J connectivity index is 2.34. The molecule has 0 saturated heterocycles. The fourth-order valence-electron chi connectivity index (χ4n) is 1.91. The second-order valence-electron chi connectivity index (χ2n) is 3.71. The Bertz CT molecular complexity index is 355. The molecule has 0 aromatic heterocycles. The molecule has 1 aliphatic carbocycles. The Labute approximate surface area is 83.5 Å². The number of phenols is 2. The molecule has 0 radical (unpaired) electrons. The van der Waals surface area contributed by atoms with E-state index in [1.54, 1.807) is 12.1 Å². The second kappa shape index (κ2) is 3.74. The van der Waals surface area contributed by atoms with Crippen molar-refractivity contribution in [3.05, 3.63) is 35.9 Å². The first-order chi connectivity index (χ1) is 6.77. The van der Waals surface area contributed by atoms with Gasteiger partial charge in [-0.25, -0.2) is 0 Å². The lowest BCUT2D eigenvalue weighted by molar-refractivity contribution is 0.449. The van der Waals surface area contributed by atoms with E-state index in [2.05, 4.69) is 12.2 Å². The first-order valence-electron chi connectivity index (χ1n) is 4.96. The van der Waals surface area contributed by atoms with Gasteiger partial charge in [0.15, 0.2) is 0 Å². The predicted molar refractivity (Wildman–Crippen MR) is 55.5 cm³/mol. The van der Waals surface area contributed by atoms with Crippen LogP contribution in [0, 0.1) is 0 Å². The lowest BCUT2D eigenvalue weighted by Gasteiger charge is -2.17. The predicted octanol–water partition coefficient (Wildman–Crippen LogP) is 2.92. The van der Waals surface area contributed by atoms with Crippen molar-refractivity contribution < 1.29 is 10.2 Å². The molecule has 1 unspecified atom stereocenters. The van der Waals surface area contributed by atoms with Gasteiger partial charge >= 0.3 is 0 Å². The maximum atomic E-state index is 9.64. The molecule has 0 heterocycles. The maximum Gasteiger partial charge on any atom is 0.119 e. The molecule has 1 aromatic rings. The molecule has 2 rings (SSSR count). The number of allylic oxidation sites excluding steroid dienone is 2. The molecule has 74 valence electrons. The van der Waals surface area contributed by atoms with Gasteiger partial charge in [-0.1, -0.05) is 12.2 Å². The molecular weight excluding hydrogens is 176 g/mol. The van der Waals surface area contributed by atoms with Crippen molar-refractivity contribution >= 4 is 0 Å². The van der Waals surface area contributed by atoms with Gasteiger partial charge in [-0.3, -0.25) is 0 Å². The highest BCUT2D eigenvalue weighted by atomic mass is 16.3. The van der Waals surface area contributed by atoms with Gasteiger partial charge in [-0.05, 0) is 37.5 Å². The van der Waals surface area contributed by atoms with E-state index in [9.17, 15) is 10.2 Å². The molecular formula is C12H14O2. The number of hydrogen-bond donors (Lipinski definition) is 2. The van der Waals surface area contributed by atoms with Gasteiger partial charge in [0.2, 0.25) is 0 Å². The summed E-state index contributed by atoms with van der Waals surface area (Å²) < 4.78 is 0. The van der Waals surface area contributed by atoms with Crippen LogP contribution in [0.4, 0.5) is 0 Å². The zero-order chi connectivity index (χ0) is 9.97. The Morgan fingerprint density at radius 3 is 2.79 bits per heavy atom. The van der Waals surface area contributed by atoms with Gasteiger partial charge in [0.05, 0.1) is 0 Å². The Hall–Kier alpha value is -1.44. The number of benzene rings is 1. The van der Waals surface area contributed by atoms with Gasteiger partial charge in [0, 0.05) is 11.5 Å². The van der Waals surface area contributed by atoms with E-state index in [-0.39, 0.29) is 17.4 Å². The van der Waals surface area contributed by atoms with Gasteiger partial charge in [0.1, 0.15) is 11.5 Å². The van der Waals surface area contributed by atoms with E-state index >= 15 is 0 Å². The van der Waals surface area contributed by atoms with Crippen LogP contribution in [0.25, 0.3) is 0 Å². The van der Waals surface area contributed by atoms with Crippen LogP contribution in [0.2, 0.25) is 0 Å². The first-order valence-corrected chi connectivity index (χ1v) is 4.96. The largest absolute Gasteiger partial charge is 0.508 e. The van der Waals surface area contributed by atoms with Gasteiger partial charge < -0.3 is 10.2 Å². The molecule has 0 aliphatic heterocycles. The minimum Gasteiger partial charge on any atom is -0.508 e. The number of rotatable bonds is 1. The highest BCUT2D eigenvalue weighted by molar-refractivity contribution is 5.42. The van der Waals surface area contributed by atoms with Crippen LogP contribution in [0.15, 0.2) is 30.4 Å². The molecule has 0 fully saturated rings. The fourth-order valence-corrected chi connectivity index (χ4v) is 1.91. The summed E-state index contributed by atoms with van der Waals surface area (Å²) in [7, 11) is 0. The van der Waals surface area contributed by atoms with Gasteiger partial charge in [0.25, 0.3) is 0 Å². The van der Waals surface area contributed by atoms with Crippen molar-refractivity contribution in [1.29, 1.82) is 0 Å². The Kier molecular flexibility index (Phi) is 2.44. The molecule has 1 aliphatic rings. The summed E-state index contributed by atoms with van der Waals surface area (Å²) in [4.78, 5) is 0. The summed E-state index contributed by atoms with van der Waals surface area (Å²) in [5, 5.41) is 19.0. The second-order valence-corrected chi connectivity index (χ2v) is 3.71. The van der Waals surface area contributed by atoms with Crippen molar-refractivity contribution in [2.24, 2.45) is 0 Å². The topological polar surface area (TPSA) is 40.5 Å². The molecule has 0 amide bonds. The number of phenolic OH excluding ortho intramolecular Hbond substituents is 2. The van der Waals surface area contributed by atoms with E-state index in [0.717, 1.165) is 24.8 Å². The summed E-state index contributed by atoms with van der Waals surface area (Å²) in [6.45, 7) is 0. The third kappa shape index (κ3) is 1.74. The molecule has 1 atom stereocenters. The zero-order valence-electron chi connectivity index (χ0n) is 7.98. The lowest BCUT2D eigenvalue weighted by Crippen LogP contribution is -1.99. The summed E-state index contributed by atoms with van der Waals surface area (Å²) in [5.41, 5.74) is 0.834. The van der Waals surface area contributed by atoms with E-state index in [1.165, 1.54) is 6.07 Å². The first kappa shape index (κ1) is 9.13. The molecule has 0 spiro atoms. The summed E-state index contributed by atoms with van der Waals surface area (Å²) in [6.07, 6.45) is 7.56. The van der Waals surface area contributed by atoms with Gasteiger partial charge in [-0.15, -0.1) is 0 Å². The van der Waals surface area contributed by atoms with Crippen molar-refractivity contribution in [3.63, 3.8) is 0 Å². The third-order valence-electron chi connectivity index (χ3n) is 2.66. The van der Waals surface area contributed by atoms with Crippen LogP contribution in [0.1, 0.15) is 30.7 Å². The molecule has 0 bridgehead atoms. The summed E-state index contributed by atoms with van der Waals surface area (Å²) in [6, 6.07) is 4.70. The highest BCUT2D eigenvalue weighted by Gasteiger charge is 2.14. The van der Waals surface area contributed by atoms with Gasteiger partial charge in [-0.2, -0.15) is 0 Å². The SMILES string of the molecule is Oc1ccc(O)c(C2C=CCCC2)c1. The Morgan fingerprint density at radius 2 is 2.07 bits per heavy atom. The lowest BCUT2D eigenvalue weighted by atomic mass is 9.89. The minimum absolute atomic E-state index is 0.219. The van der Waals surface area contributed by atoms with Crippen molar-refractivity contribution in [2.75, 3.05) is 0 Å². The van der Waals surface area contributed by atoms with Crippen LogP contribution in [0.3, 0.4) is 0 Å².